The quantitative estimate of drug-likeness (QED) is 0.660. The number of aromatic nitrogens is 1. The minimum atomic E-state index is -0.859. The van der Waals surface area contributed by atoms with E-state index in [4.69, 9.17) is 10.2 Å². The van der Waals surface area contributed by atoms with Crippen molar-refractivity contribution in [1.29, 1.82) is 0 Å². The summed E-state index contributed by atoms with van der Waals surface area (Å²) in [6.45, 7) is 3.55. The summed E-state index contributed by atoms with van der Waals surface area (Å²) in [7, 11) is 0. The summed E-state index contributed by atoms with van der Waals surface area (Å²) < 4.78 is 5.54. The Labute approximate surface area is 121 Å². The summed E-state index contributed by atoms with van der Waals surface area (Å²) in [5, 5.41) is 2.69. The SMILES string of the molecule is CCC1(C)NC(=O)N(Cc2nc3c(N)cccc3o2)C1=O. The monoisotopic (exact) mass is 288 g/mol. The molecule has 1 aromatic heterocycles. The third-order valence-corrected chi connectivity index (χ3v) is 3.84. The molecule has 3 rings (SSSR count). The van der Waals surface area contributed by atoms with Crippen molar-refractivity contribution in [2.45, 2.75) is 32.4 Å². The Kier molecular flexibility index (Phi) is 2.86. The molecule has 0 radical (unpaired) electrons. The summed E-state index contributed by atoms with van der Waals surface area (Å²) in [5.41, 5.74) is 6.53. The van der Waals surface area contributed by atoms with Crippen LogP contribution < -0.4 is 11.1 Å². The van der Waals surface area contributed by atoms with Crippen molar-refractivity contribution < 1.29 is 14.0 Å². The third kappa shape index (κ3) is 2.01. The molecule has 7 heteroatoms. The lowest BCUT2D eigenvalue weighted by Crippen LogP contribution is -2.43. The molecule has 110 valence electrons. The molecule has 0 bridgehead atoms. The van der Waals surface area contributed by atoms with Crippen LogP contribution in [0.25, 0.3) is 11.1 Å². The molecule has 3 N–H and O–H groups in total. The topological polar surface area (TPSA) is 101 Å². The number of nitrogens with one attached hydrogen (secondary N) is 1. The molecule has 21 heavy (non-hydrogen) atoms. The number of benzene rings is 1. The maximum Gasteiger partial charge on any atom is 0.325 e. The van der Waals surface area contributed by atoms with Crippen LogP contribution in [-0.4, -0.2) is 27.4 Å². The van der Waals surface area contributed by atoms with Crippen LogP contribution in [0, 0.1) is 0 Å². The molecular weight excluding hydrogens is 272 g/mol. The van der Waals surface area contributed by atoms with Gasteiger partial charge in [0.15, 0.2) is 5.58 Å². The standard InChI is InChI=1S/C14H16N4O3/c1-3-14(2)12(19)18(13(20)17-14)7-10-16-11-8(15)5-4-6-9(11)21-10/h4-6H,3,7,15H2,1-2H3,(H,17,20). The molecule has 2 heterocycles. The van der Waals surface area contributed by atoms with E-state index in [1.165, 1.54) is 0 Å². The molecule has 0 spiro atoms. The van der Waals surface area contributed by atoms with Crippen LogP contribution >= 0.6 is 0 Å². The number of carbonyl (C=O) groups is 2. The minimum Gasteiger partial charge on any atom is -0.439 e. The number of hydrogen-bond acceptors (Lipinski definition) is 5. The second-order valence-electron chi connectivity index (χ2n) is 5.31. The molecule has 1 atom stereocenters. The molecule has 1 aliphatic rings. The molecule has 7 nitrogen and oxygen atoms in total. The lowest BCUT2D eigenvalue weighted by Gasteiger charge is -2.18. The van der Waals surface area contributed by atoms with Crippen molar-refractivity contribution in [2.24, 2.45) is 0 Å². The van der Waals surface area contributed by atoms with Gasteiger partial charge in [0.05, 0.1) is 5.69 Å². The lowest BCUT2D eigenvalue weighted by atomic mass is 9.99. The number of nitrogens with two attached hydrogens (primary N) is 1. The van der Waals surface area contributed by atoms with E-state index in [0.29, 0.717) is 23.2 Å². The van der Waals surface area contributed by atoms with E-state index in [0.717, 1.165) is 4.90 Å². The van der Waals surface area contributed by atoms with Crippen molar-refractivity contribution in [2.75, 3.05) is 5.73 Å². The van der Waals surface area contributed by atoms with E-state index in [1.54, 1.807) is 25.1 Å². The number of amides is 3. The number of imide groups is 1. The highest BCUT2D eigenvalue weighted by atomic mass is 16.3. The Bertz CT molecular complexity index is 739. The molecule has 1 unspecified atom stereocenters. The highest BCUT2D eigenvalue weighted by molar-refractivity contribution is 6.06. The maximum atomic E-state index is 12.3. The van der Waals surface area contributed by atoms with Crippen LogP contribution in [0.3, 0.4) is 0 Å². The molecule has 1 fully saturated rings. The molecule has 3 amide bonds. The summed E-state index contributed by atoms with van der Waals surface area (Å²) in [6.07, 6.45) is 0.522. The second-order valence-corrected chi connectivity index (χ2v) is 5.31. The number of para-hydroxylation sites is 1. The lowest BCUT2D eigenvalue weighted by molar-refractivity contribution is -0.131. The fourth-order valence-electron chi connectivity index (χ4n) is 2.35. The van der Waals surface area contributed by atoms with Gasteiger partial charge in [-0.05, 0) is 25.5 Å². The average molecular weight is 288 g/mol. The van der Waals surface area contributed by atoms with Gasteiger partial charge in [-0.1, -0.05) is 13.0 Å². The van der Waals surface area contributed by atoms with Gasteiger partial charge in [0, 0.05) is 0 Å². The number of rotatable bonds is 3. The number of fused-ring (bicyclic) bond motifs is 1. The number of nitrogen functional groups attached to an aromatic ring is 1. The zero-order valence-corrected chi connectivity index (χ0v) is 11.8. The largest absolute Gasteiger partial charge is 0.439 e. The predicted molar refractivity (Wildman–Crippen MR) is 76.2 cm³/mol. The Hall–Kier alpha value is -2.57. The Morgan fingerprint density at radius 3 is 2.81 bits per heavy atom. The van der Waals surface area contributed by atoms with Gasteiger partial charge in [0.2, 0.25) is 5.89 Å². The molecule has 1 aliphatic heterocycles. The number of oxazole rings is 1. The highest BCUT2D eigenvalue weighted by Gasteiger charge is 2.46. The van der Waals surface area contributed by atoms with Gasteiger partial charge >= 0.3 is 6.03 Å². The van der Waals surface area contributed by atoms with Gasteiger partial charge in [-0.25, -0.2) is 9.78 Å². The Morgan fingerprint density at radius 2 is 2.19 bits per heavy atom. The zero-order valence-electron chi connectivity index (χ0n) is 11.8. The van der Waals surface area contributed by atoms with E-state index < -0.39 is 11.6 Å². The third-order valence-electron chi connectivity index (χ3n) is 3.84. The van der Waals surface area contributed by atoms with Gasteiger partial charge in [0.1, 0.15) is 17.6 Å². The van der Waals surface area contributed by atoms with Gasteiger partial charge in [0.25, 0.3) is 5.91 Å². The van der Waals surface area contributed by atoms with Crippen molar-refractivity contribution in [3.05, 3.63) is 24.1 Å². The molecule has 1 aromatic carbocycles. The van der Waals surface area contributed by atoms with E-state index in [1.807, 2.05) is 6.92 Å². The van der Waals surface area contributed by atoms with Crippen LogP contribution in [0.1, 0.15) is 26.2 Å². The number of anilines is 1. The fourth-order valence-corrected chi connectivity index (χ4v) is 2.35. The van der Waals surface area contributed by atoms with Crippen molar-refractivity contribution in [3.8, 4) is 0 Å². The zero-order chi connectivity index (χ0) is 15.2. The van der Waals surface area contributed by atoms with Crippen molar-refractivity contribution >= 4 is 28.7 Å². The molecule has 0 saturated carbocycles. The van der Waals surface area contributed by atoms with E-state index in [2.05, 4.69) is 10.3 Å². The van der Waals surface area contributed by atoms with Crippen LogP contribution in [0.5, 0.6) is 0 Å². The number of hydrogen-bond donors (Lipinski definition) is 2. The van der Waals surface area contributed by atoms with Crippen LogP contribution in [0.2, 0.25) is 0 Å². The molecule has 2 aromatic rings. The Balaban J connectivity index is 1.90. The smallest absolute Gasteiger partial charge is 0.325 e. The molecule has 0 aliphatic carbocycles. The fraction of sp³-hybridized carbons (Fsp3) is 0.357. The number of urea groups is 1. The normalized spacial score (nSPS) is 22.1. The number of nitrogens with zero attached hydrogens (tertiary/aromatic N) is 2. The van der Waals surface area contributed by atoms with Crippen LogP contribution in [-0.2, 0) is 11.3 Å². The van der Waals surface area contributed by atoms with E-state index in [9.17, 15) is 9.59 Å². The minimum absolute atomic E-state index is 0.00558. The first kappa shape index (κ1) is 13.4. The maximum absolute atomic E-state index is 12.3. The summed E-state index contributed by atoms with van der Waals surface area (Å²) in [4.78, 5) is 29.6. The van der Waals surface area contributed by atoms with E-state index in [-0.39, 0.29) is 18.3 Å². The summed E-state index contributed by atoms with van der Waals surface area (Å²) in [6, 6.07) is 4.79. The van der Waals surface area contributed by atoms with Crippen molar-refractivity contribution in [3.63, 3.8) is 0 Å². The first-order chi connectivity index (χ1) is 9.94. The average Bonchev–Trinajstić information content (AvgIpc) is 2.95. The summed E-state index contributed by atoms with van der Waals surface area (Å²) >= 11 is 0. The van der Waals surface area contributed by atoms with Gasteiger partial charge in [-0.3, -0.25) is 9.69 Å². The first-order valence-corrected chi connectivity index (χ1v) is 6.72. The number of carbonyl (C=O) groups excluding carboxylic acids is 2. The molecular formula is C14H16N4O3. The predicted octanol–water partition coefficient (Wildman–Crippen LogP) is 1.63. The van der Waals surface area contributed by atoms with Gasteiger partial charge < -0.3 is 15.5 Å². The Morgan fingerprint density at radius 1 is 1.43 bits per heavy atom. The highest BCUT2D eigenvalue weighted by Crippen LogP contribution is 2.25. The molecule has 1 saturated heterocycles. The summed E-state index contributed by atoms with van der Waals surface area (Å²) in [5.74, 6) is 0.0111. The van der Waals surface area contributed by atoms with Crippen LogP contribution in [0.4, 0.5) is 10.5 Å². The van der Waals surface area contributed by atoms with Crippen LogP contribution in [0.15, 0.2) is 22.6 Å². The van der Waals surface area contributed by atoms with Gasteiger partial charge in [-0.15, -0.1) is 0 Å². The second kappa shape index (κ2) is 4.47. The van der Waals surface area contributed by atoms with E-state index >= 15 is 0 Å². The van der Waals surface area contributed by atoms with Crippen molar-refractivity contribution in [1.82, 2.24) is 15.2 Å². The van der Waals surface area contributed by atoms with Gasteiger partial charge in [-0.2, -0.15) is 0 Å². The first-order valence-electron chi connectivity index (χ1n) is 6.72.